The summed E-state index contributed by atoms with van der Waals surface area (Å²) >= 11 is 0. The van der Waals surface area contributed by atoms with Crippen molar-refractivity contribution in [2.45, 2.75) is 122 Å². The van der Waals surface area contributed by atoms with Crippen LogP contribution in [0.15, 0.2) is 105 Å². The largest absolute Gasteiger partial charge is 2.00 e. The fourth-order valence-electron chi connectivity index (χ4n) is 10.0. The SMILES string of the molecule is CCC1=CC=C(P(c2cc(C)c(OC)c(C)c2)c2cc(C)c(OC)c(C)c2)C1COC([O-])=NC(C)C.CCC1=CC=C(P(c2cc(C)c(OC)c(C)c2)c2cc(C)c(OC)c(C)c2)C1COC([O-])=NC(C)C.[Fe+2]. The second kappa shape index (κ2) is 27.5. The van der Waals surface area contributed by atoms with E-state index in [4.69, 9.17) is 28.4 Å². The average molecular weight is 1070 g/mol. The van der Waals surface area contributed by atoms with Gasteiger partial charge in [-0.1, -0.05) is 49.3 Å². The molecule has 0 radical (unpaired) electrons. The van der Waals surface area contributed by atoms with Crippen molar-refractivity contribution in [2.75, 3.05) is 41.7 Å². The van der Waals surface area contributed by atoms with Crippen LogP contribution in [0.3, 0.4) is 0 Å². The van der Waals surface area contributed by atoms with Gasteiger partial charge in [0.15, 0.2) is 0 Å². The molecule has 2 aliphatic carbocycles. The minimum atomic E-state index is -0.895. The Morgan fingerprint density at radius 2 is 0.685 bits per heavy atom. The number of nitrogens with zero attached hydrogens (tertiary/aromatic N) is 2. The summed E-state index contributed by atoms with van der Waals surface area (Å²) < 4.78 is 34.0. The van der Waals surface area contributed by atoms with Gasteiger partial charge in [0.05, 0.1) is 28.4 Å². The summed E-state index contributed by atoms with van der Waals surface area (Å²) in [7, 11) is 5.09. The maximum absolute atomic E-state index is 12.3. The molecule has 0 amide bonds. The van der Waals surface area contributed by atoms with E-state index in [1.807, 2.05) is 27.7 Å². The smallest absolute Gasteiger partial charge is 0.599 e. The summed E-state index contributed by atoms with van der Waals surface area (Å²) in [6.45, 7) is 29.2. The van der Waals surface area contributed by atoms with Crippen molar-refractivity contribution in [3.05, 3.63) is 139 Å². The number of hydrogen-bond acceptors (Lipinski definition) is 10. The van der Waals surface area contributed by atoms with Gasteiger partial charge in [-0.3, -0.25) is 9.98 Å². The van der Waals surface area contributed by atoms with Gasteiger partial charge in [0.1, 0.15) is 35.2 Å². The summed E-state index contributed by atoms with van der Waals surface area (Å²) in [6, 6.07) is 17.8. The van der Waals surface area contributed by atoms with Crippen LogP contribution in [0.25, 0.3) is 0 Å². The molecule has 2 atom stereocenters. The summed E-state index contributed by atoms with van der Waals surface area (Å²) in [4.78, 5) is 8.07. The molecular formula is C60H78FeN2O8P2. The second-order valence-corrected chi connectivity index (χ2v) is 23.6. The number of ether oxygens (including phenoxy) is 6. The monoisotopic (exact) mass is 1070 g/mol. The van der Waals surface area contributed by atoms with Crippen LogP contribution < -0.4 is 50.4 Å². The van der Waals surface area contributed by atoms with Crippen molar-refractivity contribution in [3.63, 3.8) is 0 Å². The summed E-state index contributed by atoms with van der Waals surface area (Å²) in [6.07, 6.45) is 9.69. The van der Waals surface area contributed by atoms with Crippen LogP contribution in [0.2, 0.25) is 0 Å². The van der Waals surface area contributed by atoms with Crippen molar-refractivity contribution in [1.29, 1.82) is 0 Å². The van der Waals surface area contributed by atoms with Gasteiger partial charge in [0.25, 0.3) is 0 Å². The number of aliphatic imine (C=N–C) groups is 2. The van der Waals surface area contributed by atoms with Crippen molar-refractivity contribution in [1.82, 2.24) is 0 Å². The van der Waals surface area contributed by atoms with Gasteiger partial charge in [0, 0.05) is 37.1 Å². The third kappa shape index (κ3) is 14.6. The van der Waals surface area contributed by atoms with Gasteiger partial charge >= 0.3 is 17.1 Å². The Labute approximate surface area is 450 Å². The van der Waals surface area contributed by atoms with E-state index < -0.39 is 28.0 Å². The quantitative estimate of drug-likeness (QED) is 0.0417. The molecule has 394 valence electrons. The maximum Gasteiger partial charge on any atom is 2.00 e. The van der Waals surface area contributed by atoms with Crippen LogP contribution in [0.1, 0.15) is 98.9 Å². The first-order valence-electron chi connectivity index (χ1n) is 25.0. The molecule has 13 heteroatoms. The van der Waals surface area contributed by atoms with Gasteiger partial charge in [-0.05, 0) is 237 Å². The Balaban J connectivity index is 0.000000312. The van der Waals surface area contributed by atoms with E-state index in [9.17, 15) is 10.2 Å². The number of aryl methyl sites for hydroxylation is 8. The second-order valence-electron chi connectivity index (χ2n) is 19.2. The van der Waals surface area contributed by atoms with E-state index in [1.54, 1.807) is 28.4 Å². The van der Waals surface area contributed by atoms with Crippen molar-refractivity contribution < 1.29 is 55.7 Å². The van der Waals surface area contributed by atoms with Crippen molar-refractivity contribution >= 4 is 49.2 Å². The Bertz CT molecular complexity index is 2370. The van der Waals surface area contributed by atoms with Gasteiger partial charge in [-0.2, -0.15) is 0 Å². The van der Waals surface area contributed by atoms with Crippen LogP contribution >= 0.6 is 15.8 Å². The Hall–Kier alpha value is -5.04. The molecule has 2 aliphatic rings. The molecule has 4 aromatic rings. The van der Waals surface area contributed by atoms with Crippen molar-refractivity contribution in [2.24, 2.45) is 21.8 Å². The normalized spacial score (nSPS) is 15.6. The van der Waals surface area contributed by atoms with E-state index in [1.165, 1.54) is 43.0 Å². The Morgan fingerprint density at radius 1 is 0.452 bits per heavy atom. The number of rotatable bonds is 18. The first-order valence-corrected chi connectivity index (χ1v) is 27.7. The van der Waals surface area contributed by atoms with Crippen LogP contribution in [0, 0.1) is 67.2 Å². The molecule has 73 heavy (non-hydrogen) atoms. The van der Waals surface area contributed by atoms with E-state index in [2.05, 4.69) is 152 Å². The van der Waals surface area contributed by atoms with Crippen LogP contribution in [0.4, 0.5) is 0 Å². The van der Waals surface area contributed by atoms with E-state index in [0.717, 1.165) is 80.3 Å². The van der Waals surface area contributed by atoms with Gasteiger partial charge in [0.2, 0.25) is 0 Å². The Kier molecular flexibility index (Phi) is 22.8. The standard InChI is InChI=1S/2C30H40NO4P.Fe/c2*1-10-23-11-12-27(26(23)17-35-30(32)31-18(2)3)36(24-13-19(4)28(33-8)20(5)14-24)25-15-21(6)29(34-9)22(7)16-25;/h2*11-16,18,26H,10,17H2,1-9H3,(H,31,32);/q;;+2/p-2. The molecule has 0 fully saturated rings. The predicted octanol–water partition coefficient (Wildman–Crippen LogP) is 10.7. The van der Waals surface area contributed by atoms with Gasteiger partial charge in [-0.15, -0.1) is 0 Å². The summed E-state index contributed by atoms with van der Waals surface area (Å²) in [5.41, 5.74) is 11.5. The zero-order chi connectivity index (χ0) is 53.1. The number of hydrogen-bond donors (Lipinski definition) is 0. The molecule has 10 nitrogen and oxygen atoms in total. The maximum atomic E-state index is 12.3. The van der Waals surface area contributed by atoms with Crippen LogP contribution in [0.5, 0.6) is 23.0 Å². The minimum Gasteiger partial charge on any atom is -0.599 e. The molecule has 0 aliphatic heterocycles. The number of allylic oxidation sites excluding steroid dienone is 4. The number of methoxy groups -OCH3 is 4. The fraction of sp³-hybridized carbons (Fsp3) is 0.433. The first kappa shape index (κ1) is 60.5. The van der Waals surface area contributed by atoms with E-state index in [-0.39, 0.29) is 41.0 Å². The first-order chi connectivity index (χ1) is 34.2. The van der Waals surface area contributed by atoms with E-state index in [0.29, 0.717) is 13.2 Å². The third-order valence-corrected chi connectivity index (χ3v) is 18.0. The predicted molar refractivity (Wildman–Crippen MR) is 299 cm³/mol. The summed E-state index contributed by atoms with van der Waals surface area (Å²) in [5.74, 6) is 3.73. The third-order valence-electron chi connectivity index (χ3n) is 13.0. The van der Waals surface area contributed by atoms with Gasteiger partial charge < -0.3 is 38.6 Å². The van der Waals surface area contributed by atoms with Crippen LogP contribution in [-0.2, 0) is 26.5 Å². The van der Waals surface area contributed by atoms with E-state index >= 15 is 0 Å². The molecule has 0 spiro atoms. The summed E-state index contributed by atoms with van der Waals surface area (Å²) in [5, 5.41) is 32.2. The number of benzene rings is 4. The fourth-order valence-corrected chi connectivity index (χ4v) is 15.9. The zero-order valence-electron chi connectivity index (χ0n) is 46.5. The molecule has 0 N–H and O–H groups in total. The molecule has 0 saturated carbocycles. The van der Waals surface area contributed by atoms with Gasteiger partial charge in [-0.25, -0.2) is 0 Å². The molecule has 0 aromatic heterocycles. The topological polar surface area (TPSA) is 126 Å². The molecule has 4 aromatic carbocycles. The molecule has 2 unspecified atom stereocenters. The molecular weight excluding hydrogens is 994 g/mol. The Morgan fingerprint density at radius 3 is 0.877 bits per heavy atom. The van der Waals surface area contributed by atoms with Crippen LogP contribution in [-0.4, -0.2) is 65.9 Å². The zero-order valence-corrected chi connectivity index (χ0v) is 49.4. The van der Waals surface area contributed by atoms with Crippen molar-refractivity contribution in [3.8, 4) is 23.0 Å². The average Bonchev–Trinajstić information content (AvgIpc) is 3.90. The molecule has 0 saturated heterocycles. The molecule has 0 heterocycles. The molecule has 0 bridgehead atoms. The minimum absolute atomic E-state index is 0. The molecule has 6 rings (SSSR count).